The highest BCUT2D eigenvalue weighted by Crippen LogP contribution is 2.39. The highest BCUT2D eigenvalue weighted by Gasteiger charge is 2.27. The van der Waals surface area contributed by atoms with Crippen LogP contribution in [0, 0.1) is 0 Å². The van der Waals surface area contributed by atoms with Crippen molar-refractivity contribution >= 4 is 39.8 Å². The van der Waals surface area contributed by atoms with Crippen LogP contribution >= 0.6 is 22.9 Å². The molecule has 3 rings (SSSR count). The van der Waals surface area contributed by atoms with Gasteiger partial charge in [-0.15, -0.1) is 11.3 Å². The maximum absolute atomic E-state index is 12.7. The average molecular weight is 394 g/mol. The SMILES string of the molecule is CCOC(=O)c1c(NC(=O)c2ccc(OC)c(Cl)c2)sc2c1CCCC2. The summed E-state index contributed by atoms with van der Waals surface area (Å²) >= 11 is 7.57. The Labute approximate surface area is 161 Å². The number of hydrogen-bond acceptors (Lipinski definition) is 5. The molecule has 0 unspecified atom stereocenters. The number of hydrogen-bond donors (Lipinski definition) is 1. The minimum atomic E-state index is -0.380. The van der Waals surface area contributed by atoms with E-state index in [-0.39, 0.29) is 11.9 Å². The van der Waals surface area contributed by atoms with Crippen molar-refractivity contribution in [2.75, 3.05) is 19.0 Å². The molecule has 1 amide bonds. The van der Waals surface area contributed by atoms with E-state index in [1.54, 1.807) is 25.1 Å². The number of nitrogens with one attached hydrogen (secondary N) is 1. The molecule has 0 atom stereocenters. The van der Waals surface area contributed by atoms with Crippen LogP contribution in [0.3, 0.4) is 0 Å². The predicted molar refractivity (Wildman–Crippen MR) is 103 cm³/mol. The molecule has 1 N–H and O–H groups in total. The van der Waals surface area contributed by atoms with E-state index >= 15 is 0 Å². The largest absolute Gasteiger partial charge is 0.495 e. The molecule has 1 aliphatic carbocycles. The molecule has 138 valence electrons. The first kappa shape index (κ1) is 18.7. The first-order valence-electron chi connectivity index (χ1n) is 8.51. The number of esters is 1. The molecule has 0 fully saturated rings. The molecule has 0 radical (unpaired) electrons. The van der Waals surface area contributed by atoms with Crippen LogP contribution in [0.2, 0.25) is 5.02 Å². The van der Waals surface area contributed by atoms with Crippen molar-refractivity contribution in [3.05, 3.63) is 44.8 Å². The van der Waals surface area contributed by atoms with Gasteiger partial charge in [-0.25, -0.2) is 4.79 Å². The second-order valence-corrected chi connectivity index (χ2v) is 7.45. The minimum Gasteiger partial charge on any atom is -0.495 e. The van der Waals surface area contributed by atoms with E-state index in [2.05, 4.69) is 5.32 Å². The summed E-state index contributed by atoms with van der Waals surface area (Å²) in [6, 6.07) is 4.83. The molecule has 1 aromatic heterocycles. The third-order valence-corrected chi connectivity index (χ3v) is 5.79. The van der Waals surface area contributed by atoms with Gasteiger partial charge in [0.05, 0.1) is 24.3 Å². The Bertz CT molecular complexity index is 846. The van der Waals surface area contributed by atoms with E-state index < -0.39 is 0 Å². The average Bonchev–Trinajstić information content (AvgIpc) is 2.99. The van der Waals surface area contributed by atoms with Gasteiger partial charge in [0.15, 0.2) is 0 Å². The molecular formula is C19H20ClNO4S. The van der Waals surface area contributed by atoms with Crippen LogP contribution in [0.4, 0.5) is 5.00 Å². The molecular weight excluding hydrogens is 374 g/mol. The number of thiophene rings is 1. The monoisotopic (exact) mass is 393 g/mol. The second kappa shape index (κ2) is 8.10. The summed E-state index contributed by atoms with van der Waals surface area (Å²) in [5.41, 5.74) is 1.92. The van der Waals surface area contributed by atoms with E-state index in [4.69, 9.17) is 21.1 Å². The Hall–Kier alpha value is -2.05. The van der Waals surface area contributed by atoms with Crippen molar-refractivity contribution < 1.29 is 19.1 Å². The van der Waals surface area contributed by atoms with Gasteiger partial charge in [0.1, 0.15) is 10.8 Å². The van der Waals surface area contributed by atoms with Gasteiger partial charge < -0.3 is 14.8 Å². The summed E-state index contributed by atoms with van der Waals surface area (Å²) in [7, 11) is 1.52. The normalized spacial score (nSPS) is 13.0. The molecule has 2 aromatic rings. The summed E-state index contributed by atoms with van der Waals surface area (Å²) in [5.74, 6) is -0.198. The number of rotatable bonds is 5. The van der Waals surface area contributed by atoms with Crippen LogP contribution in [0.25, 0.3) is 0 Å². The first-order valence-corrected chi connectivity index (χ1v) is 9.71. The molecule has 1 aliphatic rings. The van der Waals surface area contributed by atoms with Crippen molar-refractivity contribution in [3.63, 3.8) is 0 Å². The Balaban J connectivity index is 1.91. The molecule has 7 heteroatoms. The Kier molecular flexibility index (Phi) is 5.84. The maximum Gasteiger partial charge on any atom is 0.341 e. The molecule has 5 nitrogen and oxygen atoms in total. The summed E-state index contributed by atoms with van der Waals surface area (Å²) in [6.45, 7) is 2.07. The number of aryl methyl sites for hydroxylation is 1. The number of carbonyl (C=O) groups excluding carboxylic acids is 2. The van der Waals surface area contributed by atoms with Crippen molar-refractivity contribution in [2.45, 2.75) is 32.6 Å². The molecule has 0 aliphatic heterocycles. The van der Waals surface area contributed by atoms with E-state index in [0.717, 1.165) is 36.1 Å². The third kappa shape index (κ3) is 3.71. The van der Waals surface area contributed by atoms with E-state index in [9.17, 15) is 9.59 Å². The highest BCUT2D eigenvalue weighted by atomic mass is 35.5. The second-order valence-electron chi connectivity index (χ2n) is 5.94. The predicted octanol–water partition coefficient (Wildman–Crippen LogP) is 4.72. The standard InChI is InChI=1S/C19H20ClNO4S/c1-3-25-19(23)16-12-6-4-5-7-15(12)26-18(16)21-17(22)11-8-9-14(24-2)13(20)10-11/h8-10H,3-7H2,1-2H3,(H,21,22). The van der Waals surface area contributed by atoms with E-state index in [1.807, 2.05) is 0 Å². The lowest BCUT2D eigenvalue weighted by Gasteiger charge is -2.12. The minimum absolute atomic E-state index is 0.297. The maximum atomic E-state index is 12.7. The summed E-state index contributed by atoms with van der Waals surface area (Å²) in [4.78, 5) is 26.3. The fourth-order valence-corrected chi connectivity index (χ4v) is 4.59. The van der Waals surface area contributed by atoms with Crippen LogP contribution in [0.5, 0.6) is 5.75 Å². The Morgan fingerprint density at radius 2 is 2.04 bits per heavy atom. The van der Waals surface area contributed by atoms with Crippen LogP contribution in [-0.4, -0.2) is 25.6 Å². The number of anilines is 1. The van der Waals surface area contributed by atoms with Gasteiger partial charge in [-0.1, -0.05) is 11.6 Å². The van der Waals surface area contributed by atoms with Gasteiger partial charge in [-0.3, -0.25) is 4.79 Å². The molecule has 0 saturated heterocycles. The van der Waals surface area contributed by atoms with Crippen LogP contribution in [0.1, 0.15) is 50.9 Å². The summed E-state index contributed by atoms with van der Waals surface area (Å²) in [6.07, 6.45) is 3.90. The number of fused-ring (bicyclic) bond motifs is 1. The molecule has 0 saturated carbocycles. The lowest BCUT2D eigenvalue weighted by atomic mass is 9.95. The molecule has 0 spiro atoms. The van der Waals surface area contributed by atoms with Crippen LogP contribution in [0.15, 0.2) is 18.2 Å². The topological polar surface area (TPSA) is 64.6 Å². The van der Waals surface area contributed by atoms with Crippen LogP contribution in [-0.2, 0) is 17.6 Å². The van der Waals surface area contributed by atoms with Gasteiger partial charge in [0.25, 0.3) is 5.91 Å². The fourth-order valence-electron chi connectivity index (χ4n) is 3.06. The Morgan fingerprint density at radius 1 is 1.27 bits per heavy atom. The first-order chi connectivity index (χ1) is 12.5. The third-order valence-electron chi connectivity index (χ3n) is 4.29. The quantitative estimate of drug-likeness (QED) is 0.746. The van der Waals surface area contributed by atoms with Crippen molar-refractivity contribution in [3.8, 4) is 5.75 Å². The lowest BCUT2D eigenvalue weighted by Crippen LogP contribution is -2.15. The number of halogens is 1. The van der Waals surface area contributed by atoms with Crippen molar-refractivity contribution in [1.82, 2.24) is 0 Å². The summed E-state index contributed by atoms with van der Waals surface area (Å²) < 4.78 is 10.3. The zero-order valence-electron chi connectivity index (χ0n) is 14.7. The van der Waals surface area contributed by atoms with E-state index in [1.165, 1.54) is 18.4 Å². The fraction of sp³-hybridized carbons (Fsp3) is 0.368. The molecule has 1 heterocycles. The lowest BCUT2D eigenvalue weighted by molar-refractivity contribution is 0.0526. The number of amides is 1. The highest BCUT2D eigenvalue weighted by molar-refractivity contribution is 7.17. The van der Waals surface area contributed by atoms with Crippen molar-refractivity contribution in [2.24, 2.45) is 0 Å². The number of methoxy groups -OCH3 is 1. The zero-order chi connectivity index (χ0) is 18.7. The molecule has 1 aromatic carbocycles. The molecule has 0 bridgehead atoms. The van der Waals surface area contributed by atoms with Gasteiger partial charge in [0, 0.05) is 10.4 Å². The van der Waals surface area contributed by atoms with E-state index in [0.29, 0.717) is 33.5 Å². The summed E-state index contributed by atoms with van der Waals surface area (Å²) in [5, 5.41) is 3.77. The zero-order valence-corrected chi connectivity index (χ0v) is 16.3. The van der Waals surface area contributed by atoms with Gasteiger partial charge in [-0.05, 0) is 56.4 Å². The van der Waals surface area contributed by atoms with Crippen LogP contribution < -0.4 is 10.1 Å². The van der Waals surface area contributed by atoms with Gasteiger partial charge in [-0.2, -0.15) is 0 Å². The van der Waals surface area contributed by atoms with Crippen molar-refractivity contribution in [1.29, 1.82) is 0 Å². The Morgan fingerprint density at radius 3 is 2.73 bits per heavy atom. The number of benzene rings is 1. The number of ether oxygens (including phenoxy) is 2. The smallest absolute Gasteiger partial charge is 0.341 e. The van der Waals surface area contributed by atoms with Gasteiger partial charge in [0.2, 0.25) is 0 Å². The van der Waals surface area contributed by atoms with Gasteiger partial charge >= 0.3 is 5.97 Å². The number of carbonyl (C=O) groups is 2. The molecule has 26 heavy (non-hydrogen) atoms.